The molecule has 2 rings (SSSR count). The van der Waals surface area contributed by atoms with Crippen LogP contribution in [0.25, 0.3) is 0 Å². The van der Waals surface area contributed by atoms with Crippen LogP contribution >= 0.6 is 15.2 Å². The van der Waals surface area contributed by atoms with Gasteiger partial charge in [0.05, 0.1) is 26.4 Å². The van der Waals surface area contributed by atoms with Crippen molar-refractivity contribution < 1.29 is 56.0 Å². The van der Waals surface area contributed by atoms with E-state index in [1.54, 1.807) is 37.8 Å². The molecule has 0 bridgehead atoms. The predicted molar refractivity (Wildman–Crippen MR) is 252 cm³/mol. The monoisotopic (exact) mass is 941 g/mol. The SMILES string of the molecule is CCOP(=O)(OCC)C(N(OC(COC(=O)CCCCC(=O)OCC(ON(C(C(C)(C)C)P(=O)(OCC)OCC)C(C)(C)C)c1ccccc1)c1ccccc1)C(C)(C)C)C(C)(C)C. The second-order valence-corrected chi connectivity index (χ2v) is 24.0. The van der Waals surface area contributed by atoms with Gasteiger partial charge in [-0.25, -0.2) is 0 Å². The Balaban J connectivity index is 2.20. The number of carbonyl (C=O) groups is 2. The standard InChI is InChI=1S/C48H82N2O12P2/c1-17-57-63(53,58-18-2)43(45(5,6)7)49(47(11,12)13)61-39(37-29-23-21-24-30-37)35-55-41(51)33-27-28-34-42(52)56-36-40(38-31-25-22-26-32-38)62-50(48(14,15)16)44(46(8,9)10)64(54,59-19-3)60-20-4/h21-26,29-32,39-40,43-44H,17-20,27-28,33-36H2,1-16H3. The van der Waals surface area contributed by atoms with E-state index in [0.717, 1.165) is 11.1 Å². The Morgan fingerprint density at radius 3 is 1.02 bits per heavy atom. The van der Waals surface area contributed by atoms with E-state index in [9.17, 15) is 18.7 Å². The first-order chi connectivity index (χ1) is 29.7. The molecule has 0 aliphatic rings. The highest BCUT2D eigenvalue weighted by Gasteiger charge is 2.53. The average molecular weight is 941 g/mol. The van der Waals surface area contributed by atoms with Gasteiger partial charge in [0.1, 0.15) is 37.0 Å². The van der Waals surface area contributed by atoms with E-state index in [-0.39, 0.29) is 52.5 Å². The predicted octanol–water partition coefficient (Wildman–Crippen LogP) is 12.5. The van der Waals surface area contributed by atoms with Gasteiger partial charge in [-0.2, -0.15) is 10.1 Å². The van der Waals surface area contributed by atoms with Crippen LogP contribution < -0.4 is 0 Å². The van der Waals surface area contributed by atoms with Crippen molar-refractivity contribution in [1.82, 2.24) is 10.1 Å². The molecule has 0 aliphatic carbocycles. The Bertz CT molecular complexity index is 1620. The number of hydroxylamine groups is 4. The van der Waals surface area contributed by atoms with Crippen LogP contribution in [-0.2, 0) is 56.0 Å². The first-order valence-corrected chi connectivity index (χ1v) is 26.0. The number of carbonyl (C=O) groups excluding carboxylic acids is 2. The third kappa shape index (κ3) is 18.0. The Kier molecular flexibility index (Phi) is 23.1. The molecule has 0 N–H and O–H groups in total. The van der Waals surface area contributed by atoms with Gasteiger partial charge in [0.25, 0.3) is 0 Å². The summed E-state index contributed by atoms with van der Waals surface area (Å²) in [6.45, 7) is 31.1. The van der Waals surface area contributed by atoms with Crippen LogP contribution in [-0.4, -0.2) is 84.4 Å². The molecule has 0 spiro atoms. The zero-order valence-electron chi connectivity index (χ0n) is 41.8. The fourth-order valence-electron chi connectivity index (χ4n) is 7.16. The van der Waals surface area contributed by atoms with Gasteiger partial charge >= 0.3 is 27.1 Å². The van der Waals surface area contributed by atoms with Crippen LogP contribution in [0.15, 0.2) is 60.7 Å². The molecule has 0 saturated carbocycles. The lowest BCUT2D eigenvalue weighted by molar-refractivity contribution is -0.275. The number of rotatable bonds is 27. The summed E-state index contributed by atoms with van der Waals surface area (Å²) in [4.78, 5) is 39.9. The van der Waals surface area contributed by atoms with E-state index < -0.39 is 72.8 Å². The fraction of sp³-hybridized carbons (Fsp3) is 0.708. The van der Waals surface area contributed by atoms with Crippen molar-refractivity contribution in [3.8, 4) is 0 Å². The summed E-state index contributed by atoms with van der Waals surface area (Å²) in [6, 6.07) is 18.8. The molecule has 14 nitrogen and oxygen atoms in total. The molecule has 0 amide bonds. The Labute approximate surface area is 385 Å². The highest BCUT2D eigenvalue weighted by Crippen LogP contribution is 2.62. The van der Waals surface area contributed by atoms with Crippen molar-refractivity contribution >= 4 is 27.1 Å². The topological polar surface area (TPSA) is 149 Å². The molecule has 0 aliphatic heterocycles. The lowest BCUT2D eigenvalue weighted by Crippen LogP contribution is -2.54. The first-order valence-electron chi connectivity index (χ1n) is 22.8. The molecule has 0 heterocycles. The van der Waals surface area contributed by atoms with Gasteiger partial charge in [-0.1, -0.05) is 102 Å². The summed E-state index contributed by atoms with van der Waals surface area (Å²) in [6.07, 6.45) is -0.611. The third-order valence-electron chi connectivity index (χ3n) is 9.78. The van der Waals surface area contributed by atoms with Crippen LogP contribution in [0.4, 0.5) is 0 Å². The third-order valence-corrected chi connectivity index (χ3v) is 15.4. The molecular formula is C48H82N2O12P2. The maximum absolute atomic E-state index is 14.5. The summed E-state index contributed by atoms with van der Waals surface area (Å²) in [5.41, 5.74) is -1.08. The molecule has 16 heteroatoms. The zero-order chi connectivity index (χ0) is 48.6. The van der Waals surface area contributed by atoms with E-state index in [1.165, 1.54) is 0 Å². The van der Waals surface area contributed by atoms with Gasteiger partial charge in [0.15, 0.2) is 0 Å². The van der Waals surface area contributed by atoms with Crippen molar-refractivity contribution in [3.05, 3.63) is 71.8 Å². The van der Waals surface area contributed by atoms with Gasteiger partial charge in [-0.05, 0) is 104 Å². The molecule has 4 unspecified atom stereocenters. The molecule has 0 fully saturated rings. The van der Waals surface area contributed by atoms with E-state index in [2.05, 4.69) is 0 Å². The normalized spacial score (nSPS) is 15.2. The summed E-state index contributed by atoms with van der Waals surface area (Å²) in [5.74, 6) is -2.53. The van der Waals surface area contributed by atoms with E-state index >= 15 is 0 Å². The fourth-order valence-corrected chi connectivity index (χ4v) is 12.5. The molecule has 0 radical (unpaired) electrons. The Hall–Kier alpha value is -2.48. The summed E-state index contributed by atoms with van der Waals surface area (Å²) < 4.78 is 64.1. The van der Waals surface area contributed by atoms with Gasteiger partial charge in [-0.3, -0.25) is 28.4 Å². The van der Waals surface area contributed by atoms with Crippen LogP contribution in [0, 0.1) is 10.8 Å². The van der Waals surface area contributed by atoms with Crippen molar-refractivity contribution in [3.63, 3.8) is 0 Å². The van der Waals surface area contributed by atoms with E-state index in [4.69, 9.17) is 37.2 Å². The molecule has 0 saturated heterocycles. The van der Waals surface area contributed by atoms with E-state index in [0.29, 0.717) is 12.8 Å². The molecule has 2 aromatic rings. The van der Waals surface area contributed by atoms with Crippen LogP contribution in [0.3, 0.4) is 0 Å². The smallest absolute Gasteiger partial charge is 0.350 e. The number of benzene rings is 2. The number of hydrogen-bond acceptors (Lipinski definition) is 14. The highest BCUT2D eigenvalue weighted by molar-refractivity contribution is 7.55. The quantitative estimate of drug-likeness (QED) is 0.0362. The van der Waals surface area contributed by atoms with Gasteiger partial charge in [-0.15, -0.1) is 0 Å². The van der Waals surface area contributed by atoms with Crippen molar-refractivity contribution in [1.29, 1.82) is 0 Å². The Morgan fingerprint density at radius 2 is 0.781 bits per heavy atom. The molecular weight excluding hydrogens is 858 g/mol. The maximum Gasteiger partial charge on any atom is 0.350 e. The molecule has 0 aromatic heterocycles. The van der Waals surface area contributed by atoms with Crippen molar-refractivity contribution in [2.45, 2.75) is 171 Å². The van der Waals surface area contributed by atoms with Crippen molar-refractivity contribution in [2.24, 2.45) is 10.8 Å². The maximum atomic E-state index is 14.5. The first kappa shape index (κ1) is 57.6. The van der Waals surface area contributed by atoms with Gasteiger partial charge in [0.2, 0.25) is 0 Å². The second kappa shape index (κ2) is 25.6. The minimum atomic E-state index is -3.75. The lowest BCUT2D eigenvalue weighted by Gasteiger charge is -2.48. The number of esters is 2. The largest absolute Gasteiger partial charge is 0.462 e. The number of nitrogens with zero attached hydrogens (tertiary/aromatic N) is 2. The van der Waals surface area contributed by atoms with Crippen LogP contribution in [0.1, 0.15) is 160 Å². The van der Waals surface area contributed by atoms with Gasteiger partial charge in [0, 0.05) is 23.9 Å². The second-order valence-electron chi connectivity index (χ2n) is 19.8. The van der Waals surface area contributed by atoms with Gasteiger partial charge < -0.3 is 27.6 Å². The van der Waals surface area contributed by atoms with E-state index in [1.807, 2.05) is 144 Å². The van der Waals surface area contributed by atoms with Crippen molar-refractivity contribution in [2.75, 3.05) is 39.6 Å². The zero-order valence-corrected chi connectivity index (χ0v) is 43.6. The number of unbranched alkanes of at least 4 members (excludes halogenated alkanes) is 1. The molecule has 2 aromatic carbocycles. The van der Waals surface area contributed by atoms with Crippen LogP contribution in [0.5, 0.6) is 0 Å². The minimum absolute atomic E-state index is 0.0659. The summed E-state index contributed by atoms with van der Waals surface area (Å²) >= 11 is 0. The summed E-state index contributed by atoms with van der Waals surface area (Å²) in [5, 5.41) is 3.38. The minimum Gasteiger partial charge on any atom is -0.462 e. The molecule has 4 atom stereocenters. The molecule has 366 valence electrons. The Morgan fingerprint density at radius 1 is 0.500 bits per heavy atom. The number of ether oxygens (including phenoxy) is 2. The number of hydrogen-bond donors (Lipinski definition) is 0. The lowest BCUT2D eigenvalue weighted by atomic mass is 9.94. The highest BCUT2D eigenvalue weighted by atomic mass is 31.2. The molecule has 64 heavy (non-hydrogen) atoms. The average Bonchev–Trinajstić information content (AvgIpc) is 3.17. The van der Waals surface area contributed by atoms with Crippen LogP contribution in [0.2, 0.25) is 0 Å². The summed E-state index contributed by atoms with van der Waals surface area (Å²) in [7, 11) is -7.50.